The quantitative estimate of drug-likeness (QED) is 0.769. The summed E-state index contributed by atoms with van der Waals surface area (Å²) in [6.45, 7) is 5.64. The second-order valence-corrected chi connectivity index (χ2v) is 5.98. The molecule has 1 amide bonds. The molecule has 1 aromatic rings. The Morgan fingerprint density at radius 3 is 2.50 bits per heavy atom. The minimum atomic E-state index is -0.892. The number of esters is 1. The Morgan fingerprint density at radius 2 is 1.91 bits per heavy atom. The van der Waals surface area contributed by atoms with Crippen LogP contribution in [0.25, 0.3) is 0 Å². The van der Waals surface area contributed by atoms with Gasteiger partial charge in [0.25, 0.3) is 5.91 Å². The van der Waals surface area contributed by atoms with Gasteiger partial charge in [-0.3, -0.25) is 4.79 Å². The molecule has 0 fully saturated rings. The number of hydrogen-bond donors (Lipinski definition) is 1. The fraction of sp³-hybridized carbons (Fsp3) is 0.467. The van der Waals surface area contributed by atoms with Crippen LogP contribution in [0.15, 0.2) is 18.2 Å². The normalized spacial score (nSPS) is 11.9. The molecule has 0 bridgehead atoms. The minimum absolute atomic E-state index is 0.293. The SMILES string of the molecule is CC(C)CNC(=O)COC(=O)[C@H](C)Oc1ccc(Cl)cc1Cl. The van der Waals surface area contributed by atoms with Gasteiger partial charge in [-0.2, -0.15) is 0 Å². The average Bonchev–Trinajstić information content (AvgIpc) is 2.45. The molecule has 1 rings (SSSR count). The molecule has 1 N–H and O–H groups in total. The van der Waals surface area contributed by atoms with E-state index >= 15 is 0 Å². The molecule has 1 aromatic carbocycles. The molecule has 22 heavy (non-hydrogen) atoms. The van der Waals surface area contributed by atoms with Crippen molar-refractivity contribution in [1.29, 1.82) is 0 Å². The molecule has 0 radical (unpaired) electrons. The fourth-order valence-corrected chi connectivity index (χ4v) is 1.89. The van der Waals surface area contributed by atoms with E-state index < -0.39 is 12.1 Å². The molecule has 0 aliphatic carbocycles. The van der Waals surface area contributed by atoms with Crippen LogP contribution < -0.4 is 10.1 Å². The van der Waals surface area contributed by atoms with Crippen LogP contribution in [-0.2, 0) is 14.3 Å². The highest BCUT2D eigenvalue weighted by molar-refractivity contribution is 6.35. The third-order valence-electron chi connectivity index (χ3n) is 2.58. The van der Waals surface area contributed by atoms with Gasteiger partial charge in [-0.15, -0.1) is 0 Å². The number of amides is 1. The van der Waals surface area contributed by atoms with Crippen LogP contribution in [0, 0.1) is 5.92 Å². The first-order valence-corrected chi connectivity index (χ1v) is 7.60. The lowest BCUT2D eigenvalue weighted by Crippen LogP contribution is -2.34. The lowest BCUT2D eigenvalue weighted by molar-refractivity contribution is -0.154. The summed E-state index contributed by atoms with van der Waals surface area (Å²) in [6.07, 6.45) is -0.892. The number of ether oxygens (including phenoxy) is 2. The van der Waals surface area contributed by atoms with Gasteiger partial charge in [0, 0.05) is 11.6 Å². The van der Waals surface area contributed by atoms with E-state index in [1.807, 2.05) is 13.8 Å². The van der Waals surface area contributed by atoms with Crippen molar-refractivity contribution in [3.8, 4) is 5.75 Å². The summed E-state index contributed by atoms with van der Waals surface area (Å²) in [5.74, 6) is -0.349. The third-order valence-corrected chi connectivity index (χ3v) is 3.11. The van der Waals surface area contributed by atoms with Gasteiger partial charge in [0.15, 0.2) is 12.7 Å². The summed E-state index contributed by atoms with van der Waals surface area (Å²) in [5, 5.41) is 3.41. The van der Waals surface area contributed by atoms with Gasteiger partial charge in [0.05, 0.1) is 5.02 Å². The molecule has 0 heterocycles. The Balaban J connectivity index is 2.43. The zero-order valence-corrected chi connectivity index (χ0v) is 14.2. The predicted molar refractivity (Wildman–Crippen MR) is 85.4 cm³/mol. The van der Waals surface area contributed by atoms with Crippen molar-refractivity contribution < 1.29 is 19.1 Å². The van der Waals surface area contributed by atoms with Gasteiger partial charge in [0.1, 0.15) is 5.75 Å². The number of rotatable bonds is 7. The summed E-state index contributed by atoms with van der Waals surface area (Å²) in [5.41, 5.74) is 0. The lowest BCUT2D eigenvalue weighted by atomic mass is 10.2. The molecule has 0 saturated heterocycles. The van der Waals surface area contributed by atoms with Crippen LogP contribution in [0.1, 0.15) is 20.8 Å². The van der Waals surface area contributed by atoms with Gasteiger partial charge < -0.3 is 14.8 Å². The van der Waals surface area contributed by atoms with Crippen molar-refractivity contribution in [3.63, 3.8) is 0 Å². The van der Waals surface area contributed by atoms with Crippen LogP contribution in [0.3, 0.4) is 0 Å². The maximum atomic E-state index is 11.8. The fourth-order valence-electron chi connectivity index (χ4n) is 1.43. The number of benzene rings is 1. The summed E-state index contributed by atoms with van der Waals surface area (Å²) >= 11 is 11.7. The van der Waals surface area contributed by atoms with Crippen molar-refractivity contribution in [3.05, 3.63) is 28.2 Å². The standard InChI is InChI=1S/C15H19Cl2NO4/c1-9(2)7-18-14(19)8-21-15(20)10(3)22-13-5-4-11(16)6-12(13)17/h4-6,9-10H,7-8H2,1-3H3,(H,18,19)/t10-/m0/s1. The first-order valence-electron chi connectivity index (χ1n) is 6.84. The second kappa shape index (κ2) is 8.86. The molecule has 0 aromatic heterocycles. The average molecular weight is 348 g/mol. The largest absolute Gasteiger partial charge is 0.477 e. The van der Waals surface area contributed by atoms with Crippen molar-refractivity contribution in [2.75, 3.05) is 13.2 Å². The van der Waals surface area contributed by atoms with E-state index in [4.69, 9.17) is 32.7 Å². The predicted octanol–water partition coefficient (Wildman–Crippen LogP) is 3.08. The first kappa shape index (κ1) is 18.6. The van der Waals surface area contributed by atoms with E-state index in [1.165, 1.54) is 13.0 Å². The van der Waals surface area contributed by atoms with Gasteiger partial charge in [0.2, 0.25) is 0 Å². The van der Waals surface area contributed by atoms with Crippen molar-refractivity contribution in [1.82, 2.24) is 5.32 Å². The molecule has 0 spiro atoms. The van der Waals surface area contributed by atoms with Gasteiger partial charge in [-0.25, -0.2) is 4.79 Å². The number of hydrogen-bond acceptors (Lipinski definition) is 4. The van der Waals surface area contributed by atoms with Crippen molar-refractivity contribution in [2.24, 2.45) is 5.92 Å². The highest BCUT2D eigenvalue weighted by atomic mass is 35.5. The molecule has 5 nitrogen and oxygen atoms in total. The minimum Gasteiger partial charge on any atom is -0.477 e. The van der Waals surface area contributed by atoms with Crippen molar-refractivity contribution >= 4 is 35.1 Å². The summed E-state index contributed by atoms with van der Waals surface area (Å²) in [7, 11) is 0. The highest BCUT2D eigenvalue weighted by Crippen LogP contribution is 2.28. The molecule has 1 atom stereocenters. The summed E-state index contributed by atoms with van der Waals surface area (Å²) < 4.78 is 10.3. The zero-order chi connectivity index (χ0) is 16.7. The van der Waals surface area contributed by atoms with E-state index in [2.05, 4.69) is 5.32 Å². The summed E-state index contributed by atoms with van der Waals surface area (Å²) in [6, 6.07) is 4.67. The summed E-state index contributed by atoms with van der Waals surface area (Å²) in [4.78, 5) is 23.2. The molecular formula is C15H19Cl2NO4. The molecule has 122 valence electrons. The van der Waals surface area contributed by atoms with Crippen LogP contribution in [-0.4, -0.2) is 31.1 Å². The zero-order valence-electron chi connectivity index (χ0n) is 12.7. The topological polar surface area (TPSA) is 64.6 Å². The van der Waals surface area contributed by atoms with Gasteiger partial charge in [-0.05, 0) is 31.0 Å². The molecular weight excluding hydrogens is 329 g/mol. The van der Waals surface area contributed by atoms with Crippen LogP contribution in [0.2, 0.25) is 10.0 Å². The van der Waals surface area contributed by atoms with E-state index in [1.54, 1.807) is 12.1 Å². The molecule has 0 aliphatic heterocycles. The Kier molecular flexibility index (Phi) is 7.48. The molecule has 7 heteroatoms. The maximum absolute atomic E-state index is 11.8. The lowest BCUT2D eigenvalue weighted by Gasteiger charge is -2.15. The third kappa shape index (κ3) is 6.54. The molecule has 0 saturated carbocycles. The Labute approximate surface area is 139 Å². The molecule has 0 unspecified atom stereocenters. The van der Waals surface area contributed by atoms with Crippen LogP contribution in [0.5, 0.6) is 5.75 Å². The smallest absolute Gasteiger partial charge is 0.347 e. The van der Waals surface area contributed by atoms with Gasteiger partial charge in [-0.1, -0.05) is 37.0 Å². The van der Waals surface area contributed by atoms with Gasteiger partial charge >= 0.3 is 5.97 Å². The number of halogens is 2. The van der Waals surface area contributed by atoms with Crippen molar-refractivity contribution in [2.45, 2.75) is 26.9 Å². The Morgan fingerprint density at radius 1 is 1.23 bits per heavy atom. The first-order chi connectivity index (χ1) is 10.3. The number of carbonyl (C=O) groups is 2. The number of carbonyl (C=O) groups excluding carboxylic acids is 2. The maximum Gasteiger partial charge on any atom is 0.347 e. The van der Waals surface area contributed by atoms with Crippen LogP contribution >= 0.6 is 23.2 Å². The second-order valence-electron chi connectivity index (χ2n) is 5.14. The monoisotopic (exact) mass is 347 g/mol. The Bertz CT molecular complexity index is 534. The van der Waals surface area contributed by atoms with E-state index in [0.717, 1.165) is 0 Å². The van der Waals surface area contributed by atoms with E-state index in [0.29, 0.717) is 28.3 Å². The molecule has 0 aliphatic rings. The number of nitrogens with one attached hydrogen (secondary N) is 1. The van der Waals surface area contributed by atoms with Crippen LogP contribution in [0.4, 0.5) is 0 Å². The van der Waals surface area contributed by atoms with E-state index in [9.17, 15) is 9.59 Å². The van der Waals surface area contributed by atoms with E-state index in [-0.39, 0.29) is 12.5 Å². The highest BCUT2D eigenvalue weighted by Gasteiger charge is 2.19. The Hall–Kier alpha value is -1.46.